The van der Waals surface area contributed by atoms with Gasteiger partial charge in [0.1, 0.15) is 11.4 Å². The van der Waals surface area contributed by atoms with Crippen molar-refractivity contribution in [2.45, 2.75) is 38.6 Å². The summed E-state index contributed by atoms with van der Waals surface area (Å²) < 4.78 is 29.2. The fraction of sp³-hybridized carbons (Fsp3) is 0.357. The topological polar surface area (TPSA) is 132 Å². The molecule has 9 nitrogen and oxygen atoms in total. The highest BCUT2D eigenvalue weighted by atomic mass is 19.1. The number of nitrogens with two attached hydrogens (primary N) is 2. The minimum atomic E-state index is -0.968. The molecule has 39 heavy (non-hydrogen) atoms. The molecule has 1 aliphatic carbocycles. The van der Waals surface area contributed by atoms with Crippen LogP contribution in [-0.2, 0) is 0 Å². The summed E-state index contributed by atoms with van der Waals surface area (Å²) in [7, 11) is 1.50. The Morgan fingerprint density at radius 2 is 1.82 bits per heavy atom. The number of halogens is 2. The molecule has 1 atom stereocenters. The van der Waals surface area contributed by atoms with Crippen molar-refractivity contribution in [2.24, 2.45) is 16.6 Å². The number of hydrogen-bond acceptors (Lipinski definition) is 7. The number of anilines is 3. The zero-order chi connectivity index (χ0) is 28.3. The maximum absolute atomic E-state index is 14.3. The van der Waals surface area contributed by atoms with Gasteiger partial charge in [-0.2, -0.15) is 9.78 Å². The molecule has 0 spiro atoms. The van der Waals surface area contributed by atoms with Crippen molar-refractivity contribution in [3.8, 4) is 5.69 Å². The number of para-hydroxylation sites is 1. The van der Waals surface area contributed by atoms with Gasteiger partial charge in [0, 0.05) is 36.6 Å². The van der Waals surface area contributed by atoms with Gasteiger partial charge in [-0.25, -0.2) is 8.78 Å². The summed E-state index contributed by atoms with van der Waals surface area (Å²) in [6.45, 7) is 5.84. The Kier molecular flexibility index (Phi) is 8.10. The highest BCUT2D eigenvalue weighted by Gasteiger charge is 2.36. The molecule has 5 N–H and O–H groups in total. The van der Waals surface area contributed by atoms with Crippen molar-refractivity contribution < 1.29 is 13.6 Å². The first-order chi connectivity index (χ1) is 18.6. The van der Waals surface area contributed by atoms with E-state index in [0.29, 0.717) is 22.0 Å². The molecule has 2 aliphatic rings. The van der Waals surface area contributed by atoms with Crippen molar-refractivity contribution in [2.75, 3.05) is 36.1 Å². The molecule has 206 valence electrons. The summed E-state index contributed by atoms with van der Waals surface area (Å²) in [6, 6.07) is 8.91. The summed E-state index contributed by atoms with van der Waals surface area (Å²) in [4.78, 5) is 32.5. The average molecular weight is 538 g/mol. The minimum absolute atomic E-state index is 0.0825. The molecule has 0 radical (unpaired) electrons. The van der Waals surface area contributed by atoms with Gasteiger partial charge in [0.2, 0.25) is 0 Å². The van der Waals surface area contributed by atoms with Crippen LogP contribution in [0.4, 0.5) is 25.8 Å². The summed E-state index contributed by atoms with van der Waals surface area (Å²) >= 11 is 0. The number of aliphatic imine (C=N–C) groups is 1. The van der Waals surface area contributed by atoms with Gasteiger partial charge in [0.05, 0.1) is 16.9 Å². The van der Waals surface area contributed by atoms with Crippen LogP contribution < -0.4 is 27.2 Å². The average Bonchev–Trinajstić information content (AvgIpc) is 3.50. The minimum Gasteiger partial charge on any atom is -0.398 e. The Morgan fingerprint density at radius 3 is 2.44 bits per heavy atom. The number of amides is 1. The van der Waals surface area contributed by atoms with Crippen LogP contribution in [-0.4, -0.2) is 47.6 Å². The van der Waals surface area contributed by atoms with Crippen LogP contribution >= 0.6 is 0 Å². The number of aromatic nitrogens is 2. The molecule has 1 saturated carbocycles. The van der Waals surface area contributed by atoms with Gasteiger partial charge >= 0.3 is 0 Å². The van der Waals surface area contributed by atoms with Crippen molar-refractivity contribution in [3.63, 3.8) is 0 Å². The number of carbonyl (C=O) groups excluding carboxylic acids is 1. The van der Waals surface area contributed by atoms with Gasteiger partial charge in [0.25, 0.3) is 11.5 Å². The van der Waals surface area contributed by atoms with Gasteiger partial charge < -0.3 is 21.7 Å². The summed E-state index contributed by atoms with van der Waals surface area (Å²) in [5.74, 6) is -2.11. The molecule has 5 rings (SSSR count). The molecule has 2 fully saturated rings. The van der Waals surface area contributed by atoms with Gasteiger partial charge in [0.15, 0.2) is 11.6 Å². The van der Waals surface area contributed by atoms with E-state index in [4.69, 9.17) is 10.7 Å². The summed E-state index contributed by atoms with van der Waals surface area (Å²) in [5, 5.41) is 6.83. The Labute approximate surface area is 225 Å². The molecule has 3 aromatic rings. The largest absolute Gasteiger partial charge is 0.398 e. The fourth-order valence-corrected chi connectivity index (χ4v) is 4.44. The maximum atomic E-state index is 14.3. The first kappa shape index (κ1) is 27.9. The molecule has 1 saturated heterocycles. The first-order valence-electron chi connectivity index (χ1n) is 12.8. The standard InChI is InChI=1S/C27H28F2N6O2.CH5N/c1-16-10-13-34(15-16)24-17(14-31-27(2)11-12-27)20(30)6-7-21(24)32-26(37)22-8-9-23(36)35(33-22)25-18(28)4-3-5-19(25)29;1-2/h3-9,14,16H,10-13,15,30H2,1-2H3,(H,32,37);2H2,1H3. The highest BCUT2D eigenvalue weighted by Crippen LogP contribution is 2.41. The summed E-state index contributed by atoms with van der Waals surface area (Å²) in [5.41, 5.74) is 11.7. The lowest BCUT2D eigenvalue weighted by molar-refractivity contribution is 0.102. The van der Waals surface area contributed by atoms with E-state index in [-0.39, 0.29) is 11.2 Å². The normalized spacial score (nSPS) is 17.6. The fourth-order valence-electron chi connectivity index (χ4n) is 4.44. The Bertz CT molecular complexity index is 1450. The van der Waals surface area contributed by atoms with E-state index in [2.05, 4.69) is 34.9 Å². The van der Waals surface area contributed by atoms with E-state index >= 15 is 0 Å². The van der Waals surface area contributed by atoms with E-state index < -0.39 is 28.8 Å². The van der Waals surface area contributed by atoms with Crippen molar-refractivity contribution in [1.82, 2.24) is 9.78 Å². The third kappa shape index (κ3) is 5.98. The maximum Gasteiger partial charge on any atom is 0.276 e. The zero-order valence-corrected chi connectivity index (χ0v) is 22.2. The number of nitrogen functional groups attached to an aromatic ring is 1. The molecule has 11 heteroatoms. The van der Waals surface area contributed by atoms with Crippen LogP contribution in [0.15, 0.2) is 52.3 Å². The van der Waals surface area contributed by atoms with Gasteiger partial charge in [-0.15, -0.1) is 0 Å². The molecule has 1 aliphatic heterocycles. The van der Waals surface area contributed by atoms with Crippen molar-refractivity contribution in [3.05, 3.63) is 75.7 Å². The quantitative estimate of drug-likeness (QED) is 0.324. The van der Waals surface area contributed by atoms with Crippen molar-refractivity contribution in [1.29, 1.82) is 0 Å². The summed E-state index contributed by atoms with van der Waals surface area (Å²) in [6.07, 6.45) is 4.81. The SMILES string of the molecule is CC1CCN(c2c(NC(=O)c3ccc(=O)n(-c4c(F)cccc4F)n3)ccc(N)c2C=NC2(C)CC2)C1.CN. The lowest BCUT2D eigenvalue weighted by Crippen LogP contribution is -2.27. The van der Waals surface area contributed by atoms with Gasteiger partial charge in [-0.1, -0.05) is 13.0 Å². The third-order valence-corrected chi connectivity index (χ3v) is 6.90. The monoisotopic (exact) mass is 537 g/mol. The van der Waals surface area contributed by atoms with E-state index in [1.54, 1.807) is 18.3 Å². The number of benzene rings is 2. The smallest absolute Gasteiger partial charge is 0.276 e. The Hall–Kier alpha value is -4.12. The van der Waals surface area contributed by atoms with E-state index in [1.165, 1.54) is 19.2 Å². The predicted molar refractivity (Wildman–Crippen MR) is 150 cm³/mol. The first-order valence-corrected chi connectivity index (χ1v) is 12.8. The second-order valence-electron chi connectivity index (χ2n) is 10.1. The van der Waals surface area contributed by atoms with Crippen LogP contribution in [0.1, 0.15) is 49.2 Å². The number of hydrogen-bond donors (Lipinski definition) is 3. The zero-order valence-electron chi connectivity index (χ0n) is 22.2. The number of nitrogens with one attached hydrogen (secondary N) is 1. The molecule has 1 unspecified atom stereocenters. The number of rotatable bonds is 6. The van der Waals surface area contributed by atoms with E-state index in [9.17, 15) is 18.4 Å². The predicted octanol–water partition coefficient (Wildman–Crippen LogP) is 3.74. The molecule has 2 aromatic carbocycles. The Balaban J connectivity index is 0.00000172. The van der Waals surface area contributed by atoms with E-state index in [0.717, 1.165) is 61.8 Å². The molecule has 0 bridgehead atoms. The lowest BCUT2D eigenvalue weighted by atomic mass is 10.1. The van der Waals surface area contributed by atoms with E-state index in [1.807, 2.05) is 0 Å². The molecular weight excluding hydrogens is 504 g/mol. The lowest BCUT2D eigenvalue weighted by Gasteiger charge is -2.25. The highest BCUT2D eigenvalue weighted by molar-refractivity contribution is 6.08. The third-order valence-electron chi connectivity index (χ3n) is 6.90. The van der Waals surface area contributed by atoms with Gasteiger partial charge in [-0.05, 0) is 69.5 Å². The number of carbonyl (C=O) groups is 1. The molecular formula is C28H33F2N7O2. The van der Waals surface area contributed by atoms with Crippen LogP contribution in [0.3, 0.4) is 0 Å². The van der Waals surface area contributed by atoms with Crippen LogP contribution in [0.2, 0.25) is 0 Å². The Morgan fingerprint density at radius 1 is 1.13 bits per heavy atom. The van der Waals surface area contributed by atoms with Crippen molar-refractivity contribution >= 4 is 29.2 Å². The van der Waals surface area contributed by atoms with Gasteiger partial charge in [-0.3, -0.25) is 14.6 Å². The molecule has 2 heterocycles. The second kappa shape index (κ2) is 11.3. The second-order valence-corrected chi connectivity index (χ2v) is 10.1. The number of nitrogens with zero attached hydrogens (tertiary/aromatic N) is 4. The molecule has 1 aromatic heterocycles. The molecule has 1 amide bonds. The van der Waals surface area contributed by atoms with Crippen LogP contribution in [0.25, 0.3) is 5.69 Å². The van der Waals surface area contributed by atoms with Crippen LogP contribution in [0.5, 0.6) is 0 Å². The van der Waals surface area contributed by atoms with Crippen LogP contribution in [0, 0.1) is 17.6 Å².